The molecule has 1 spiro atoms. The van der Waals surface area contributed by atoms with Crippen molar-refractivity contribution in [2.24, 2.45) is 0 Å². The van der Waals surface area contributed by atoms with Gasteiger partial charge in [0, 0.05) is 42.8 Å². The van der Waals surface area contributed by atoms with Crippen molar-refractivity contribution in [1.29, 1.82) is 0 Å². The predicted molar refractivity (Wildman–Crippen MR) is 113 cm³/mol. The third-order valence-electron chi connectivity index (χ3n) is 5.81. The van der Waals surface area contributed by atoms with Crippen LogP contribution in [0, 0.1) is 6.92 Å². The third kappa shape index (κ3) is 4.11. The second kappa shape index (κ2) is 7.72. The second-order valence-corrected chi connectivity index (χ2v) is 8.98. The molecule has 4 rings (SSSR count). The molecule has 9 heteroatoms. The molecule has 1 atom stereocenters. The van der Waals surface area contributed by atoms with Gasteiger partial charge in [-0.2, -0.15) is 0 Å². The minimum Gasteiger partial charge on any atom is -0.330 e. The highest BCUT2D eigenvalue weighted by molar-refractivity contribution is 7.15. The van der Waals surface area contributed by atoms with Crippen molar-refractivity contribution in [3.05, 3.63) is 35.1 Å². The van der Waals surface area contributed by atoms with E-state index in [2.05, 4.69) is 32.4 Å². The highest BCUT2D eigenvalue weighted by Gasteiger charge is 2.45. The maximum atomic E-state index is 12.6. The molecule has 2 aliphatic heterocycles. The van der Waals surface area contributed by atoms with Crippen LogP contribution in [0.5, 0.6) is 0 Å². The Kier molecular flexibility index (Phi) is 5.26. The molecule has 0 bridgehead atoms. The number of piperidine rings is 1. The van der Waals surface area contributed by atoms with Crippen molar-refractivity contribution in [2.75, 3.05) is 29.9 Å². The molecule has 1 unspecified atom stereocenters. The molecule has 29 heavy (non-hydrogen) atoms. The standard InChI is InChI=1S/C20H26N6O2S/c1-13-4-5-16(10-21-13)26-12-20(24-19(26)28)6-8-25(9-7-20)14(2)17-11-22-18(29-17)23-15(3)27/h4-5,10-11,14H,6-9,12H2,1-3H3,(H,24,28)(H,22,23,27). The lowest BCUT2D eigenvalue weighted by atomic mass is 9.87. The summed E-state index contributed by atoms with van der Waals surface area (Å²) in [5.41, 5.74) is 1.60. The maximum absolute atomic E-state index is 12.6. The Balaban J connectivity index is 1.38. The smallest absolute Gasteiger partial charge is 0.322 e. The topological polar surface area (TPSA) is 90.5 Å². The summed E-state index contributed by atoms with van der Waals surface area (Å²) in [6, 6.07) is 4.07. The van der Waals surface area contributed by atoms with Crippen LogP contribution in [-0.4, -0.2) is 52.0 Å². The van der Waals surface area contributed by atoms with Crippen LogP contribution >= 0.6 is 11.3 Å². The van der Waals surface area contributed by atoms with E-state index in [0.717, 1.165) is 42.2 Å². The van der Waals surface area contributed by atoms with Crippen molar-refractivity contribution in [3.63, 3.8) is 0 Å². The van der Waals surface area contributed by atoms with Crippen LogP contribution in [0.2, 0.25) is 0 Å². The summed E-state index contributed by atoms with van der Waals surface area (Å²) in [4.78, 5) is 37.8. The van der Waals surface area contributed by atoms with E-state index < -0.39 is 0 Å². The van der Waals surface area contributed by atoms with Gasteiger partial charge in [0.15, 0.2) is 5.13 Å². The normalized spacial score (nSPS) is 20.0. The van der Waals surface area contributed by atoms with E-state index in [4.69, 9.17) is 0 Å². The molecule has 154 valence electrons. The van der Waals surface area contributed by atoms with Gasteiger partial charge in [0.1, 0.15) is 0 Å². The number of hydrogen-bond donors (Lipinski definition) is 2. The molecule has 8 nitrogen and oxygen atoms in total. The van der Waals surface area contributed by atoms with E-state index >= 15 is 0 Å². The molecule has 0 radical (unpaired) electrons. The summed E-state index contributed by atoms with van der Waals surface area (Å²) >= 11 is 1.52. The minimum absolute atomic E-state index is 0.0421. The summed E-state index contributed by atoms with van der Waals surface area (Å²) in [5, 5.41) is 6.61. The van der Waals surface area contributed by atoms with Crippen molar-refractivity contribution in [2.45, 2.75) is 45.2 Å². The summed E-state index contributed by atoms with van der Waals surface area (Å²) < 4.78 is 0. The fraction of sp³-hybridized carbons (Fsp3) is 0.500. The number of likely N-dealkylation sites (tertiary alicyclic amines) is 1. The molecule has 4 heterocycles. The zero-order valence-electron chi connectivity index (χ0n) is 16.9. The van der Waals surface area contributed by atoms with Crippen LogP contribution < -0.4 is 15.5 Å². The Morgan fingerprint density at radius 2 is 2.03 bits per heavy atom. The number of amides is 3. The lowest BCUT2D eigenvalue weighted by molar-refractivity contribution is -0.114. The zero-order chi connectivity index (χ0) is 20.6. The molecule has 3 amide bonds. The number of carbonyl (C=O) groups excluding carboxylic acids is 2. The second-order valence-electron chi connectivity index (χ2n) is 7.92. The molecule has 0 aromatic carbocycles. The Morgan fingerprint density at radius 1 is 1.28 bits per heavy atom. The summed E-state index contributed by atoms with van der Waals surface area (Å²) in [6.45, 7) is 8.06. The first-order valence-electron chi connectivity index (χ1n) is 9.85. The summed E-state index contributed by atoms with van der Waals surface area (Å²) in [6.07, 6.45) is 5.41. The Hall–Kier alpha value is -2.52. The van der Waals surface area contributed by atoms with Gasteiger partial charge in [-0.3, -0.25) is 19.6 Å². The van der Waals surface area contributed by atoms with Crippen molar-refractivity contribution in [1.82, 2.24) is 20.2 Å². The molecule has 2 N–H and O–H groups in total. The van der Waals surface area contributed by atoms with Crippen molar-refractivity contribution >= 4 is 34.1 Å². The highest BCUT2D eigenvalue weighted by Crippen LogP contribution is 2.35. The number of urea groups is 1. The molecule has 0 saturated carbocycles. The van der Waals surface area contributed by atoms with Crippen LogP contribution in [0.1, 0.15) is 43.3 Å². The fourth-order valence-electron chi connectivity index (χ4n) is 4.03. The van der Waals surface area contributed by atoms with Crippen LogP contribution in [-0.2, 0) is 4.79 Å². The highest BCUT2D eigenvalue weighted by atomic mass is 32.1. The number of rotatable bonds is 4. The maximum Gasteiger partial charge on any atom is 0.322 e. The molecule has 2 aliphatic rings. The van der Waals surface area contributed by atoms with Crippen molar-refractivity contribution < 1.29 is 9.59 Å². The van der Waals surface area contributed by atoms with Crippen LogP contribution in [0.25, 0.3) is 0 Å². The van der Waals surface area contributed by atoms with Crippen LogP contribution in [0.3, 0.4) is 0 Å². The number of nitrogens with zero attached hydrogens (tertiary/aromatic N) is 4. The number of pyridine rings is 1. The molecule has 2 fully saturated rings. The van der Waals surface area contributed by atoms with E-state index in [1.54, 1.807) is 11.1 Å². The quantitative estimate of drug-likeness (QED) is 0.803. The van der Waals surface area contributed by atoms with Gasteiger partial charge >= 0.3 is 6.03 Å². The fourth-order valence-corrected chi connectivity index (χ4v) is 4.98. The van der Waals surface area contributed by atoms with E-state index in [9.17, 15) is 9.59 Å². The van der Waals surface area contributed by atoms with Gasteiger partial charge in [-0.15, -0.1) is 11.3 Å². The van der Waals surface area contributed by atoms with Crippen LogP contribution in [0.15, 0.2) is 24.5 Å². The number of aryl methyl sites for hydroxylation is 1. The van der Waals surface area contributed by atoms with Crippen LogP contribution in [0.4, 0.5) is 15.6 Å². The van der Waals surface area contributed by atoms with Gasteiger partial charge < -0.3 is 10.6 Å². The number of thiazole rings is 1. The monoisotopic (exact) mass is 414 g/mol. The predicted octanol–water partition coefficient (Wildman–Crippen LogP) is 2.93. The summed E-state index contributed by atoms with van der Waals surface area (Å²) in [7, 11) is 0. The Morgan fingerprint density at radius 3 is 2.69 bits per heavy atom. The number of carbonyl (C=O) groups is 2. The third-order valence-corrected chi connectivity index (χ3v) is 6.89. The van der Waals surface area contributed by atoms with Gasteiger partial charge in [-0.25, -0.2) is 9.78 Å². The molecule has 0 aliphatic carbocycles. The Bertz CT molecular complexity index is 904. The number of aromatic nitrogens is 2. The summed E-state index contributed by atoms with van der Waals surface area (Å²) in [5.74, 6) is -0.108. The van der Waals surface area contributed by atoms with E-state index in [1.165, 1.54) is 18.3 Å². The van der Waals surface area contributed by atoms with E-state index in [-0.39, 0.29) is 23.5 Å². The zero-order valence-corrected chi connectivity index (χ0v) is 17.8. The molecule has 2 aromatic rings. The Labute approximate surface area is 174 Å². The van der Waals surface area contributed by atoms with Gasteiger partial charge in [0.05, 0.1) is 24.0 Å². The van der Waals surface area contributed by atoms with Gasteiger partial charge in [-0.05, 0) is 38.8 Å². The minimum atomic E-state index is -0.187. The average molecular weight is 415 g/mol. The van der Waals surface area contributed by atoms with Gasteiger partial charge in [0.2, 0.25) is 5.91 Å². The van der Waals surface area contributed by atoms with Crippen molar-refractivity contribution in [3.8, 4) is 0 Å². The first-order valence-corrected chi connectivity index (χ1v) is 10.7. The first kappa shape index (κ1) is 19.8. The van der Waals surface area contributed by atoms with E-state index in [0.29, 0.717) is 11.7 Å². The van der Waals surface area contributed by atoms with Gasteiger partial charge in [0.25, 0.3) is 0 Å². The number of anilines is 2. The lowest BCUT2D eigenvalue weighted by Gasteiger charge is -2.41. The van der Waals surface area contributed by atoms with E-state index in [1.807, 2.05) is 25.3 Å². The largest absolute Gasteiger partial charge is 0.330 e. The molecule has 2 aromatic heterocycles. The molecular weight excluding hydrogens is 388 g/mol. The van der Waals surface area contributed by atoms with Gasteiger partial charge in [-0.1, -0.05) is 0 Å². The lowest BCUT2D eigenvalue weighted by Crippen LogP contribution is -2.52. The SMILES string of the molecule is CC(=O)Nc1ncc(C(C)N2CCC3(CC2)CN(c2ccc(C)nc2)C(=O)N3)s1. The number of nitrogens with one attached hydrogen (secondary N) is 2. The number of hydrogen-bond acceptors (Lipinski definition) is 6. The first-order chi connectivity index (χ1) is 13.8. The average Bonchev–Trinajstić information content (AvgIpc) is 3.27. The molecular formula is C20H26N6O2S. The molecule has 2 saturated heterocycles.